The first-order chi connectivity index (χ1) is 9.65. The van der Waals surface area contributed by atoms with Crippen LogP contribution in [0.4, 0.5) is 17.3 Å². The van der Waals surface area contributed by atoms with Crippen molar-refractivity contribution in [3.63, 3.8) is 0 Å². The molecule has 0 saturated heterocycles. The van der Waals surface area contributed by atoms with Crippen molar-refractivity contribution in [3.8, 4) is 0 Å². The zero-order chi connectivity index (χ0) is 14.1. The van der Waals surface area contributed by atoms with Crippen LogP contribution < -0.4 is 16.6 Å². The van der Waals surface area contributed by atoms with E-state index in [0.717, 1.165) is 40.2 Å². The summed E-state index contributed by atoms with van der Waals surface area (Å²) < 4.78 is 1.06. The quantitative estimate of drug-likeness (QED) is 0.590. The molecular weight excluding hydrogens is 318 g/mol. The second-order valence-electron chi connectivity index (χ2n) is 5.00. The fraction of sp³-hybridized carbons (Fsp3) is 0.286. The molecule has 1 aliphatic carbocycles. The van der Waals surface area contributed by atoms with Crippen molar-refractivity contribution in [1.29, 1.82) is 0 Å². The predicted octanol–water partition coefficient (Wildman–Crippen LogP) is 3.45. The molecule has 1 aromatic carbocycles. The van der Waals surface area contributed by atoms with E-state index in [2.05, 4.69) is 49.6 Å². The Bertz CT molecular complexity index is 639. The molecule has 20 heavy (non-hydrogen) atoms. The van der Waals surface area contributed by atoms with Gasteiger partial charge in [0.05, 0.1) is 0 Å². The topological polar surface area (TPSA) is 75.9 Å². The molecule has 5 nitrogen and oxygen atoms in total. The minimum atomic E-state index is 0.481. The Balaban J connectivity index is 1.91. The van der Waals surface area contributed by atoms with E-state index >= 15 is 0 Å². The standard InChI is InChI=1S/C14H16BrN5/c1-8-6-10(15)4-5-11(8)17-12-7-13(20-16)19-14(18-12)9-2-3-9/h4-7,9H,2-3,16H2,1H3,(H2,17,18,19,20). The number of nitrogen functional groups attached to an aromatic ring is 1. The molecule has 0 aliphatic heterocycles. The van der Waals surface area contributed by atoms with Gasteiger partial charge in [-0.2, -0.15) is 0 Å². The Hall–Kier alpha value is -1.66. The van der Waals surface area contributed by atoms with Gasteiger partial charge in [-0.05, 0) is 43.5 Å². The fourth-order valence-corrected chi connectivity index (χ4v) is 2.51. The molecule has 1 saturated carbocycles. The van der Waals surface area contributed by atoms with Gasteiger partial charge in [-0.3, -0.25) is 0 Å². The molecular formula is C14H16BrN5. The molecule has 0 bridgehead atoms. The third kappa shape index (κ3) is 2.91. The highest BCUT2D eigenvalue weighted by atomic mass is 79.9. The van der Waals surface area contributed by atoms with Crippen molar-refractivity contribution in [3.05, 3.63) is 40.1 Å². The van der Waals surface area contributed by atoms with Crippen LogP contribution in [0.15, 0.2) is 28.7 Å². The first kappa shape index (κ1) is 13.3. The van der Waals surface area contributed by atoms with Gasteiger partial charge in [0.1, 0.15) is 17.5 Å². The van der Waals surface area contributed by atoms with Crippen LogP contribution >= 0.6 is 15.9 Å². The highest BCUT2D eigenvalue weighted by Crippen LogP contribution is 2.39. The molecule has 0 atom stereocenters. The minimum Gasteiger partial charge on any atom is -0.340 e. The number of nitrogens with zero attached hydrogens (tertiary/aromatic N) is 2. The first-order valence-electron chi connectivity index (χ1n) is 6.54. The average Bonchev–Trinajstić information content (AvgIpc) is 3.26. The van der Waals surface area contributed by atoms with Gasteiger partial charge < -0.3 is 10.7 Å². The average molecular weight is 334 g/mol. The van der Waals surface area contributed by atoms with Crippen LogP contribution in [0.2, 0.25) is 0 Å². The summed E-state index contributed by atoms with van der Waals surface area (Å²) >= 11 is 3.46. The normalized spacial score (nSPS) is 14.2. The van der Waals surface area contributed by atoms with Gasteiger partial charge in [-0.1, -0.05) is 15.9 Å². The van der Waals surface area contributed by atoms with Gasteiger partial charge in [0.15, 0.2) is 0 Å². The maximum Gasteiger partial charge on any atom is 0.145 e. The second kappa shape index (κ2) is 5.38. The summed E-state index contributed by atoms with van der Waals surface area (Å²) in [6.07, 6.45) is 2.32. The number of rotatable bonds is 4. The Morgan fingerprint density at radius 2 is 1.95 bits per heavy atom. The van der Waals surface area contributed by atoms with Crippen LogP contribution in [0, 0.1) is 6.92 Å². The maximum absolute atomic E-state index is 5.48. The zero-order valence-electron chi connectivity index (χ0n) is 11.2. The van der Waals surface area contributed by atoms with Crippen molar-refractivity contribution in [2.24, 2.45) is 5.84 Å². The lowest BCUT2D eigenvalue weighted by Crippen LogP contribution is -2.11. The molecule has 0 unspecified atom stereocenters. The van der Waals surface area contributed by atoms with Crippen molar-refractivity contribution < 1.29 is 0 Å². The summed E-state index contributed by atoms with van der Waals surface area (Å²) in [5, 5.41) is 3.33. The molecule has 0 radical (unpaired) electrons. The number of hydrazine groups is 1. The number of nitrogens with two attached hydrogens (primary N) is 1. The number of aromatic nitrogens is 2. The molecule has 2 aromatic rings. The predicted molar refractivity (Wildman–Crippen MR) is 84.0 cm³/mol. The number of benzene rings is 1. The molecule has 6 heteroatoms. The van der Waals surface area contributed by atoms with Gasteiger partial charge in [-0.15, -0.1) is 0 Å². The van der Waals surface area contributed by atoms with E-state index in [0.29, 0.717) is 11.7 Å². The van der Waals surface area contributed by atoms with Gasteiger partial charge >= 0.3 is 0 Å². The Kier molecular flexibility index (Phi) is 3.58. The van der Waals surface area contributed by atoms with Gasteiger partial charge in [0.2, 0.25) is 0 Å². The summed E-state index contributed by atoms with van der Waals surface area (Å²) in [5.41, 5.74) is 4.77. The lowest BCUT2D eigenvalue weighted by Gasteiger charge is -2.11. The number of anilines is 3. The third-order valence-electron chi connectivity index (χ3n) is 3.29. The van der Waals surface area contributed by atoms with Crippen molar-refractivity contribution in [2.75, 3.05) is 10.7 Å². The molecule has 1 heterocycles. The van der Waals surface area contributed by atoms with Crippen molar-refractivity contribution in [1.82, 2.24) is 9.97 Å². The summed E-state index contributed by atoms with van der Waals surface area (Å²) in [6.45, 7) is 2.05. The fourth-order valence-electron chi connectivity index (χ4n) is 2.03. The number of halogens is 1. The number of nitrogens with one attached hydrogen (secondary N) is 2. The largest absolute Gasteiger partial charge is 0.340 e. The van der Waals surface area contributed by atoms with E-state index in [1.807, 2.05) is 18.2 Å². The van der Waals surface area contributed by atoms with Gasteiger partial charge in [-0.25, -0.2) is 15.8 Å². The Labute approximate surface area is 126 Å². The van der Waals surface area contributed by atoms with E-state index in [-0.39, 0.29) is 0 Å². The third-order valence-corrected chi connectivity index (χ3v) is 3.78. The molecule has 3 rings (SSSR count). The number of aryl methyl sites for hydroxylation is 1. The Morgan fingerprint density at radius 3 is 2.60 bits per heavy atom. The lowest BCUT2D eigenvalue weighted by molar-refractivity contribution is 0.929. The highest BCUT2D eigenvalue weighted by Gasteiger charge is 2.27. The van der Waals surface area contributed by atoms with E-state index in [9.17, 15) is 0 Å². The van der Waals surface area contributed by atoms with Gasteiger partial charge in [0.25, 0.3) is 0 Å². The van der Waals surface area contributed by atoms with Crippen molar-refractivity contribution in [2.45, 2.75) is 25.7 Å². The van der Waals surface area contributed by atoms with E-state index in [1.54, 1.807) is 0 Å². The monoisotopic (exact) mass is 333 g/mol. The van der Waals surface area contributed by atoms with E-state index < -0.39 is 0 Å². The molecule has 104 valence electrons. The van der Waals surface area contributed by atoms with Crippen LogP contribution in [-0.4, -0.2) is 9.97 Å². The summed E-state index contributed by atoms with van der Waals surface area (Å²) in [4.78, 5) is 8.97. The van der Waals surface area contributed by atoms with Crippen molar-refractivity contribution >= 4 is 33.3 Å². The molecule has 1 fully saturated rings. The molecule has 0 spiro atoms. The highest BCUT2D eigenvalue weighted by molar-refractivity contribution is 9.10. The zero-order valence-corrected chi connectivity index (χ0v) is 12.7. The SMILES string of the molecule is Cc1cc(Br)ccc1Nc1cc(NN)nc(C2CC2)n1. The molecule has 0 amide bonds. The van der Waals surface area contributed by atoms with E-state index in [1.165, 1.54) is 0 Å². The second-order valence-corrected chi connectivity index (χ2v) is 5.92. The minimum absolute atomic E-state index is 0.481. The molecule has 4 N–H and O–H groups in total. The van der Waals surface area contributed by atoms with Crippen LogP contribution in [0.3, 0.4) is 0 Å². The van der Waals surface area contributed by atoms with Crippen LogP contribution in [-0.2, 0) is 0 Å². The lowest BCUT2D eigenvalue weighted by atomic mass is 10.2. The Morgan fingerprint density at radius 1 is 1.20 bits per heavy atom. The van der Waals surface area contributed by atoms with Crippen LogP contribution in [0.5, 0.6) is 0 Å². The molecule has 1 aromatic heterocycles. The number of hydrogen-bond acceptors (Lipinski definition) is 5. The maximum atomic E-state index is 5.48. The molecule has 1 aliphatic rings. The summed E-state index contributed by atoms with van der Waals surface area (Å²) in [7, 11) is 0. The van der Waals surface area contributed by atoms with Crippen LogP contribution in [0.25, 0.3) is 0 Å². The van der Waals surface area contributed by atoms with E-state index in [4.69, 9.17) is 5.84 Å². The van der Waals surface area contributed by atoms with Crippen LogP contribution in [0.1, 0.15) is 30.1 Å². The number of hydrogen-bond donors (Lipinski definition) is 3. The van der Waals surface area contributed by atoms with Gasteiger partial charge in [0, 0.05) is 22.1 Å². The smallest absolute Gasteiger partial charge is 0.145 e. The first-order valence-corrected chi connectivity index (χ1v) is 7.34. The summed E-state index contributed by atoms with van der Waals surface area (Å²) in [6, 6.07) is 7.90. The summed E-state index contributed by atoms with van der Waals surface area (Å²) in [5.74, 6) is 8.22.